The standard InChI is InChI=1S/C9H16O5S/c1-15(10,11)14-3-2-13-8-4-9(5-8)6-12-7-9/h8H,2-7H2,1H3. The summed E-state index contributed by atoms with van der Waals surface area (Å²) >= 11 is 0. The minimum Gasteiger partial charge on any atom is -0.380 e. The molecule has 0 atom stereocenters. The van der Waals surface area contributed by atoms with Crippen LogP contribution in [0.2, 0.25) is 0 Å². The van der Waals surface area contributed by atoms with Crippen LogP contribution in [-0.2, 0) is 23.8 Å². The predicted octanol–water partition coefficient (Wildman–Crippen LogP) is 0.158. The van der Waals surface area contributed by atoms with Gasteiger partial charge in [-0.1, -0.05) is 0 Å². The lowest BCUT2D eigenvalue weighted by atomic mass is 9.65. The Hall–Kier alpha value is -0.170. The molecule has 1 saturated heterocycles. The third kappa shape index (κ3) is 2.90. The van der Waals surface area contributed by atoms with Gasteiger partial charge in [-0.3, -0.25) is 4.18 Å². The zero-order valence-corrected chi connectivity index (χ0v) is 9.59. The molecule has 1 aliphatic heterocycles. The zero-order chi connectivity index (χ0) is 10.9. The third-order valence-electron chi connectivity index (χ3n) is 2.87. The Bertz CT molecular complexity index is 311. The van der Waals surface area contributed by atoms with E-state index in [1.165, 1.54) is 0 Å². The molecular formula is C9H16O5S. The van der Waals surface area contributed by atoms with Crippen molar-refractivity contribution in [1.82, 2.24) is 0 Å². The van der Waals surface area contributed by atoms with Crippen LogP contribution in [-0.4, -0.2) is 47.2 Å². The Morgan fingerprint density at radius 3 is 2.47 bits per heavy atom. The first-order chi connectivity index (χ1) is 6.99. The third-order valence-corrected chi connectivity index (χ3v) is 3.47. The maximum absolute atomic E-state index is 10.6. The van der Waals surface area contributed by atoms with Crippen molar-refractivity contribution in [3.8, 4) is 0 Å². The molecule has 2 rings (SSSR count). The Kier molecular flexibility index (Phi) is 3.03. The lowest BCUT2D eigenvalue weighted by molar-refractivity contribution is -0.210. The largest absolute Gasteiger partial charge is 0.380 e. The van der Waals surface area contributed by atoms with Gasteiger partial charge in [0.2, 0.25) is 0 Å². The predicted molar refractivity (Wildman–Crippen MR) is 53.0 cm³/mol. The Balaban J connectivity index is 1.53. The molecule has 1 spiro atoms. The van der Waals surface area contributed by atoms with Crippen LogP contribution in [0, 0.1) is 5.41 Å². The van der Waals surface area contributed by atoms with Crippen molar-refractivity contribution >= 4 is 10.1 Å². The van der Waals surface area contributed by atoms with Crippen molar-refractivity contribution in [1.29, 1.82) is 0 Å². The highest BCUT2D eigenvalue weighted by Crippen LogP contribution is 2.48. The Labute approximate surface area is 89.8 Å². The summed E-state index contributed by atoms with van der Waals surface area (Å²) < 4.78 is 36.4. The van der Waals surface area contributed by atoms with Crippen LogP contribution in [0.4, 0.5) is 0 Å². The van der Waals surface area contributed by atoms with E-state index < -0.39 is 10.1 Å². The average molecular weight is 236 g/mol. The molecule has 15 heavy (non-hydrogen) atoms. The smallest absolute Gasteiger partial charge is 0.264 e. The first-order valence-electron chi connectivity index (χ1n) is 5.03. The summed E-state index contributed by atoms with van der Waals surface area (Å²) in [7, 11) is -3.33. The highest BCUT2D eigenvalue weighted by atomic mass is 32.2. The van der Waals surface area contributed by atoms with E-state index in [9.17, 15) is 8.42 Å². The Morgan fingerprint density at radius 2 is 2.00 bits per heavy atom. The monoisotopic (exact) mass is 236 g/mol. The molecule has 88 valence electrons. The van der Waals surface area contributed by atoms with E-state index in [1.807, 2.05) is 0 Å². The first-order valence-corrected chi connectivity index (χ1v) is 6.85. The molecule has 2 fully saturated rings. The van der Waals surface area contributed by atoms with Crippen LogP contribution in [0.15, 0.2) is 0 Å². The number of hydrogen-bond donors (Lipinski definition) is 0. The maximum Gasteiger partial charge on any atom is 0.264 e. The second-order valence-electron chi connectivity index (χ2n) is 4.42. The number of rotatable bonds is 5. The van der Waals surface area contributed by atoms with Gasteiger partial charge in [0.05, 0.1) is 38.8 Å². The summed E-state index contributed by atoms with van der Waals surface area (Å²) in [5.41, 5.74) is 0.391. The second-order valence-corrected chi connectivity index (χ2v) is 6.06. The van der Waals surface area contributed by atoms with Gasteiger partial charge in [-0.2, -0.15) is 8.42 Å². The Morgan fingerprint density at radius 1 is 1.33 bits per heavy atom. The van der Waals surface area contributed by atoms with Crippen molar-refractivity contribution < 1.29 is 22.1 Å². The molecule has 1 saturated carbocycles. The fraction of sp³-hybridized carbons (Fsp3) is 1.00. The van der Waals surface area contributed by atoms with Crippen LogP contribution < -0.4 is 0 Å². The van der Waals surface area contributed by atoms with Gasteiger partial charge in [0.25, 0.3) is 10.1 Å². The van der Waals surface area contributed by atoms with E-state index in [0.29, 0.717) is 12.0 Å². The van der Waals surface area contributed by atoms with E-state index >= 15 is 0 Å². The molecule has 2 aliphatic rings. The minimum absolute atomic E-state index is 0.110. The van der Waals surface area contributed by atoms with E-state index in [2.05, 4.69) is 4.18 Å². The molecule has 0 aromatic carbocycles. The molecule has 0 radical (unpaired) electrons. The molecule has 5 nitrogen and oxygen atoms in total. The van der Waals surface area contributed by atoms with Crippen molar-refractivity contribution in [3.05, 3.63) is 0 Å². The van der Waals surface area contributed by atoms with E-state index in [1.54, 1.807) is 0 Å². The number of hydrogen-bond acceptors (Lipinski definition) is 5. The van der Waals surface area contributed by atoms with Crippen LogP contribution in [0.25, 0.3) is 0 Å². The highest BCUT2D eigenvalue weighted by molar-refractivity contribution is 7.85. The van der Waals surface area contributed by atoms with Crippen molar-refractivity contribution in [2.75, 3.05) is 32.7 Å². The fourth-order valence-electron chi connectivity index (χ4n) is 2.05. The zero-order valence-electron chi connectivity index (χ0n) is 8.77. The van der Waals surface area contributed by atoms with Gasteiger partial charge < -0.3 is 9.47 Å². The van der Waals surface area contributed by atoms with Gasteiger partial charge in [0.15, 0.2) is 0 Å². The quantitative estimate of drug-likeness (QED) is 0.502. The number of ether oxygens (including phenoxy) is 2. The minimum atomic E-state index is -3.33. The van der Waals surface area contributed by atoms with Crippen molar-refractivity contribution in [2.45, 2.75) is 18.9 Å². The highest BCUT2D eigenvalue weighted by Gasteiger charge is 2.50. The van der Waals surface area contributed by atoms with Crippen LogP contribution in [0.3, 0.4) is 0 Å². The SMILES string of the molecule is CS(=O)(=O)OCCOC1CC2(COC2)C1. The van der Waals surface area contributed by atoms with Crippen LogP contribution >= 0.6 is 0 Å². The van der Waals surface area contributed by atoms with Gasteiger partial charge in [-0.25, -0.2) is 0 Å². The second kappa shape index (κ2) is 4.01. The van der Waals surface area contributed by atoms with Crippen LogP contribution in [0.1, 0.15) is 12.8 Å². The summed E-state index contributed by atoms with van der Waals surface area (Å²) in [5, 5.41) is 0. The molecule has 1 aliphatic carbocycles. The summed E-state index contributed by atoms with van der Waals surface area (Å²) in [4.78, 5) is 0. The summed E-state index contributed by atoms with van der Waals surface area (Å²) in [6, 6.07) is 0. The van der Waals surface area contributed by atoms with E-state index in [4.69, 9.17) is 9.47 Å². The van der Waals surface area contributed by atoms with Gasteiger partial charge >= 0.3 is 0 Å². The fourth-order valence-corrected chi connectivity index (χ4v) is 2.42. The lowest BCUT2D eigenvalue weighted by Crippen LogP contribution is -2.55. The lowest BCUT2D eigenvalue weighted by Gasteiger charge is -2.52. The van der Waals surface area contributed by atoms with Gasteiger partial charge in [-0.15, -0.1) is 0 Å². The summed E-state index contributed by atoms with van der Waals surface area (Å²) in [6.07, 6.45) is 3.37. The van der Waals surface area contributed by atoms with Crippen molar-refractivity contribution in [3.63, 3.8) is 0 Å². The molecule has 1 heterocycles. The first kappa shape index (κ1) is 11.3. The van der Waals surface area contributed by atoms with Gasteiger partial charge in [0, 0.05) is 5.41 Å². The average Bonchev–Trinajstić information content (AvgIpc) is 1.95. The summed E-state index contributed by atoms with van der Waals surface area (Å²) in [6.45, 7) is 2.16. The van der Waals surface area contributed by atoms with E-state index in [0.717, 1.165) is 32.3 Å². The molecule has 0 amide bonds. The maximum atomic E-state index is 10.6. The molecule has 0 N–H and O–H groups in total. The molecule has 0 bridgehead atoms. The molecular weight excluding hydrogens is 220 g/mol. The molecule has 6 heteroatoms. The van der Waals surface area contributed by atoms with E-state index in [-0.39, 0.29) is 12.7 Å². The summed E-state index contributed by atoms with van der Waals surface area (Å²) in [5.74, 6) is 0. The van der Waals surface area contributed by atoms with Crippen LogP contribution in [0.5, 0.6) is 0 Å². The topological polar surface area (TPSA) is 61.8 Å². The molecule has 0 unspecified atom stereocenters. The normalized spacial score (nSPS) is 24.9. The van der Waals surface area contributed by atoms with Gasteiger partial charge in [-0.05, 0) is 12.8 Å². The van der Waals surface area contributed by atoms with Gasteiger partial charge in [0.1, 0.15) is 0 Å². The molecule has 0 aromatic rings. The molecule has 0 aromatic heterocycles. The van der Waals surface area contributed by atoms with Crippen molar-refractivity contribution in [2.24, 2.45) is 5.41 Å².